The van der Waals surface area contributed by atoms with Crippen molar-refractivity contribution < 1.29 is 8.78 Å². The van der Waals surface area contributed by atoms with Crippen LogP contribution in [0.4, 0.5) is 8.78 Å². The molecule has 44 heavy (non-hydrogen) atoms. The zero-order valence-corrected chi connectivity index (χ0v) is 24.3. The second kappa shape index (κ2) is 7.52. The van der Waals surface area contributed by atoms with Crippen LogP contribution in [0.2, 0.25) is 0 Å². The van der Waals surface area contributed by atoms with Crippen molar-refractivity contribution in [1.82, 2.24) is 0 Å². The van der Waals surface area contributed by atoms with Gasteiger partial charge in [-0.1, -0.05) is 74.5 Å². The first-order valence-corrected chi connectivity index (χ1v) is 15.6. The van der Waals surface area contributed by atoms with Gasteiger partial charge in [0.15, 0.2) is 0 Å². The second-order valence-electron chi connectivity index (χ2n) is 12.7. The number of hydrogen-bond donors (Lipinski definition) is 0. The molecule has 11 aromatic carbocycles. The van der Waals surface area contributed by atoms with E-state index < -0.39 is 0 Å². The van der Waals surface area contributed by atoms with Crippen LogP contribution in [0, 0.1) is 11.6 Å². The molecule has 0 aromatic heterocycles. The van der Waals surface area contributed by atoms with Crippen LogP contribution in [0.15, 0.2) is 84.9 Å². The van der Waals surface area contributed by atoms with E-state index in [0.29, 0.717) is 16.2 Å². The van der Waals surface area contributed by atoms with Gasteiger partial charge >= 0.3 is 0 Å². The third kappa shape index (κ3) is 2.40. The van der Waals surface area contributed by atoms with E-state index in [-0.39, 0.29) is 11.6 Å². The number of rotatable bonds is 2. The Morgan fingerprint density at radius 3 is 1.68 bits per heavy atom. The quantitative estimate of drug-likeness (QED) is 0.144. The van der Waals surface area contributed by atoms with E-state index in [1.54, 1.807) is 6.07 Å². The highest BCUT2D eigenvalue weighted by Crippen LogP contribution is 2.54. The van der Waals surface area contributed by atoms with Crippen LogP contribution >= 0.6 is 0 Å². The van der Waals surface area contributed by atoms with Crippen molar-refractivity contribution in [2.45, 2.75) is 26.7 Å². The lowest BCUT2D eigenvalue weighted by Gasteiger charge is -2.24. The Labute approximate surface area is 250 Å². The highest BCUT2D eigenvalue weighted by molar-refractivity contribution is 6.49. The first-order chi connectivity index (χ1) is 21.6. The molecule has 11 rings (SSSR count). The van der Waals surface area contributed by atoms with Gasteiger partial charge in [-0.3, -0.25) is 0 Å². The molecule has 0 aliphatic rings. The molecule has 0 aliphatic heterocycles. The molecule has 0 N–H and O–H groups in total. The van der Waals surface area contributed by atoms with Gasteiger partial charge in [0.05, 0.1) is 0 Å². The van der Waals surface area contributed by atoms with E-state index in [1.165, 1.54) is 10.9 Å². The molecule has 0 atom stereocenters. The number of hydrogen-bond acceptors (Lipinski definition) is 0. The molecule has 0 nitrogen and oxygen atoms in total. The molecule has 11 aromatic rings. The summed E-state index contributed by atoms with van der Waals surface area (Å²) < 4.78 is 33.3. The molecule has 0 saturated carbocycles. The van der Waals surface area contributed by atoms with Crippen molar-refractivity contribution >= 4 is 108 Å². The fourth-order valence-electron chi connectivity index (χ4n) is 9.17. The first-order valence-electron chi connectivity index (χ1n) is 15.6. The zero-order chi connectivity index (χ0) is 29.2. The maximum absolute atomic E-state index is 17.5. The average molecular weight is 567 g/mol. The summed E-state index contributed by atoms with van der Waals surface area (Å²) in [4.78, 5) is 0. The van der Waals surface area contributed by atoms with Gasteiger partial charge in [0.2, 0.25) is 0 Å². The van der Waals surface area contributed by atoms with Gasteiger partial charge in [-0.05, 0) is 124 Å². The van der Waals surface area contributed by atoms with E-state index in [4.69, 9.17) is 0 Å². The summed E-state index contributed by atoms with van der Waals surface area (Å²) in [5.41, 5.74) is 2.29. The predicted octanol–water partition coefficient (Wildman–Crippen LogP) is 12.4. The van der Waals surface area contributed by atoms with Crippen molar-refractivity contribution in [3.8, 4) is 0 Å². The monoisotopic (exact) mass is 566 g/mol. The Kier molecular flexibility index (Phi) is 4.00. The van der Waals surface area contributed by atoms with Crippen LogP contribution in [0.3, 0.4) is 0 Å². The lowest BCUT2D eigenvalue weighted by Crippen LogP contribution is -1.99. The fraction of sp³-hybridized carbons (Fsp3) is 0.0952. The van der Waals surface area contributed by atoms with Crippen molar-refractivity contribution in [2.24, 2.45) is 0 Å². The molecular formula is C42H24F2. The van der Waals surface area contributed by atoms with Gasteiger partial charge in [-0.25, -0.2) is 8.78 Å². The molecule has 0 amide bonds. The molecule has 2 heteroatoms. The van der Waals surface area contributed by atoms with E-state index in [2.05, 4.69) is 74.5 Å². The van der Waals surface area contributed by atoms with Crippen LogP contribution in [0.5, 0.6) is 0 Å². The maximum Gasteiger partial charge on any atom is 0.139 e. The molecule has 0 unspecified atom stereocenters. The van der Waals surface area contributed by atoms with Crippen LogP contribution in [-0.4, -0.2) is 0 Å². The highest BCUT2D eigenvalue weighted by atomic mass is 19.1. The van der Waals surface area contributed by atoms with E-state index >= 15 is 8.78 Å². The summed E-state index contributed by atoms with van der Waals surface area (Å²) in [6.45, 7) is 4.28. The van der Waals surface area contributed by atoms with Crippen molar-refractivity contribution in [3.63, 3.8) is 0 Å². The minimum absolute atomic E-state index is 0.153. The zero-order valence-electron chi connectivity index (χ0n) is 24.3. The van der Waals surface area contributed by atoms with Crippen molar-refractivity contribution in [1.29, 1.82) is 0 Å². The number of benzene rings is 11. The van der Waals surface area contributed by atoms with Gasteiger partial charge in [-0.2, -0.15) is 0 Å². The molecular weight excluding hydrogens is 542 g/mol. The third-order valence-corrected chi connectivity index (χ3v) is 10.9. The molecule has 0 spiro atoms. The Balaban J connectivity index is 1.56. The summed E-state index contributed by atoms with van der Waals surface area (Å²) in [6.07, 6.45) is 1.62. The smallest absolute Gasteiger partial charge is 0.139 e. The Bertz CT molecular complexity index is 3020. The van der Waals surface area contributed by atoms with Gasteiger partial charge in [0.1, 0.15) is 11.6 Å². The summed E-state index contributed by atoms with van der Waals surface area (Å²) in [5.74, 6) is -0.352. The SMILES string of the molecule is CCc1cc2c(F)c3c4ccc5c(CC)cc6c(F)cc7cccc8c7c6c5c4c8c4ccc5cc6cccc1c6c2c5c43. The predicted molar refractivity (Wildman–Crippen MR) is 185 cm³/mol. The minimum Gasteiger partial charge on any atom is -0.206 e. The maximum atomic E-state index is 17.5. The fourth-order valence-corrected chi connectivity index (χ4v) is 9.17. The van der Waals surface area contributed by atoms with Gasteiger partial charge < -0.3 is 0 Å². The van der Waals surface area contributed by atoms with E-state index in [0.717, 1.165) is 105 Å². The van der Waals surface area contributed by atoms with Crippen molar-refractivity contribution in [2.75, 3.05) is 0 Å². The van der Waals surface area contributed by atoms with Crippen molar-refractivity contribution in [3.05, 3.63) is 108 Å². The van der Waals surface area contributed by atoms with Crippen LogP contribution in [0.25, 0.3) is 108 Å². The van der Waals surface area contributed by atoms with Crippen LogP contribution < -0.4 is 0 Å². The molecule has 206 valence electrons. The second-order valence-corrected chi connectivity index (χ2v) is 12.7. The number of aryl methyl sites for hydroxylation is 2. The number of halogens is 2. The van der Waals surface area contributed by atoms with E-state index in [1.807, 2.05) is 18.2 Å². The Morgan fingerprint density at radius 1 is 0.386 bits per heavy atom. The third-order valence-electron chi connectivity index (χ3n) is 10.9. The van der Waals surface area contributed by atoms with Crippen LogP contribution in [-0.2, 0) is 12.8 Å². The largest absolute Gasteiger partial charge is 0.206 e. The Hall–Kier alpha value is -5.08. The average Bonchev–Trinajstić information content (AvgIpc) is 3.05. The van der Waals surface area contributed by atoms with Gasteiger partial charge in [0.25, 0.3) is 0 Å². The standard InChI is InChI=1S/C42H24F2/c1-3-19-16-29-31(43)18-22-8-6-10-26-33(22)39(29)36-25(19)13-14-28-38(36)35(26)27-12-11-23-15-21-7-5-9-24-20(4-2)17-30-40(32(21)24)34(23)37(27)41(28)42(30)44/h5-18H,3-4H2,1-2H3. The summed E-state index contributed by atoms with van der Waals surface area (Å²) in [6, 6.07) is 29.5. The molecule has 0 fully saturated rings. The Morgan fingerprint density at radius 2 is 0.886 bits per heavy atom. The van der Waals surface area contributed by atoms with Crippen LogP contribution in [0.1, 0.15) is 25.0 Å². The highest BCUT2D eigenvalue weighted by Gasteiger charge is 2.27. The first kappa shape index (κ1) is 23.4. The lowest BCUT2D eigenvalue weighted by atomic mass is 9.78. The number of fused-ring (bicyclic) bond motifs is 3. The molecule has 0 aliphatic carbocycles. The minimum atomic E-state index is -0.199. The molecule has 0 radical (unpaired) electrons. The van der Waals surface area contributed by atoms with Gasteiger partial charge in [0, 0.05) is 32.3 Å². The molecule has 0 bridgehead atoms. The van der Waals surface area contributed by atoms with Gasteiger partial charge in [-0.15, -0.1) is 0 Å². The van der Waals surface area contributed by atoms with E-state index in [9.17, 15) is 0 Å². The molecule has 0 heterocycles. The topological polar surface area (TPSA) is 0 Å². The summed E-state index contributed by atoms with van der Waals surface area (Å²) in [5, 5.41) is 20.3. The molecule has 0 saturated heterocycles. The normalized spacial score (nSPS) is 13.2. The summed E-state index contributed by atoms with van der Waals surface area (Å²) in [7, 11) is 0. The summed E-state index contributed by atoms with van der Waals surface area (Å²) >= 11 is 0. The lowest BCUT2D eigenvalue weighted by molar-refractivity contribution is 0.641.